The molecule has 0 spiro atoms. The van der Waals surface area contributed by atoms with Crippen molar-refractivity contribution in [2.24, 2.45) is 0 Å². The Bertz CT molecular complexity index is 846. The number of anilines is 1. The number of carbonyl (C=O) groups is 2. The summed E-state index contributed by atoms with van der Waals surface area (Å²) in [5, 5.41) is 5.75. The van der Waals surface area contributed by atoms with Gasteiger partial charge in [0.2, 0.25) is 11.8 Å². The van der Waals surface area contributed by atoms with E-state index in [4.69, 9.17) is 4.74 Å². The molecule has 2 amide bonds. The van der Waals surface area contributed by atoms with Gasteiger partial charge in [-0.1, -0.05) is 12.1 Å². The summed E-state index contributed by atoms with van der Waals surface area (Å²) in [7, 11) is 0. The number of benzene rings is 2. The number of rotatable bonds is 8. The fourth-order valence-electron chi connectivity index (χ4n) is 3.39. The van der Waals surface area contributed by atoms with Gasteiger partial charge in [-0.3, -0.25) is 19.4 Å². The van der Waals surface area contributed by atoms with E-state index in [2.05, 4.69) is 20.4 Å². The number of nitrogens with zero attached hydrogens (tertiary/aromatic N) is 2. The highest BCUT2D eigenvalue weighted by atomic mass is 16.5. The van der Waals surface area contributed by atoms with Gasteiger partial charge in [-0.05, 0) is 55.8 Å². The molecule has 0 radical (unpaired) electrons. The van der Waals surface area contributed by atoms with Crippen molar-refractivity contribution in [3.63, 3.8) is 0 Å². The summed E-state index contributed by atoms with van der Waals surface area (Å²) < 4.78 is 5.84. The molecule has 7 heteroatoms. The van der Waals surface area contributed by atoms with Gasteiger partial charge in [-0.15, -0.1) is 0 Å². The Labute approximate surface area is 178 Å². The Balaban J connectivity index is 1.41. The molecule has 1 aliphatic rings. The van der Waals surface area contributed by atoms with Crippen molar-refractivity contribution in [2.45, 2.75) is 13.8 Å². The van der Waals surface area contributed by atoms with E-state index < -0.39 is 0 Å². The zero-order valence-corrected chi connectivity index (χ0v) is 17.7. The lowest BCUT2D eigenvalue weighted by molar-refractivity contribution is -0.123. The van der Waals surface area contributed by atoms with Gasteiger partial charge >= 0.3 is 0 Å². The van der Waals surface area contributed by atoms with Crippen LogP contribution in [0.4, 0.5) is 5.69 Å². The highest BCUT2D eigenvalue weighted by Crippen LogP contribution is 2.23. The van der Waals surface area contributed by atoms with E-state index in [0.29, 0.717) is 19.6 Å². The fraction of sp³-hybridized carbons (Fsp3) is 0.391. The monoisotopic (exact) mass is 410 g/mol. The van der Waals surface area contributed by atoms with Crippen LogP contribution in [0.5, 0.6) is 11.5 Å². The molecule has 7 nitrogen and oxygen atoms in total. The number of aryl methyl sites for hydroxylation is 1. The molecule has 2 aromatic carbocycles. The number of carbonyl (C=O) groups excluding carboxylic acids is 2. The molecule has 0 aliphatic carbocycles. The minimum Gasteiger partial charge on any atom is -0.457 e. The molecule has 3 rings (SSSR count). The van der Waals surface area contributed by atoms with Crippen LogP contribution in [0.1, 0.15) is 12.5 Å². The average Bonchev–Trinajstić information content (AvgIpc) is 2.71. The zero-order valence-electron chi connectivity index (χ0n) is 17.7. The first-order valence-electron chi connectivity index (χ1n) is 10.4. The summed E-state index contributed by atoms with van der Waals surface area (Å²) >= 11 is 0. The highest BCUT2D eigenvalue weighted by molar-refractivity contribution is 5.92. The van der Waals surface area contributed by atoms with Crippen molar-refractivity contribution in [3.05, 3.63) is 54.1 Å². The molecule has 1 fully saturated rings. The molecule has 0 atom stereocenters. The van der Waals surface area contributed by atoms with Crippen LogP contribution in [0.25, 0.3) is 0 Å². The molecular weight excluding hydrogens is 380 g/mol. The molecule has 0 bridgehead atoms. The molecule has 1 aliphatic heterocycles. The van der Waals surface area contributed by atoms with Crippen molar-refractivity contribution in [1.29, 1.82) is 0 Å². The van der Waals surface area contributed by atoms with Crippen LogP contribution in [-0.4, -0.2) is 67.4 Å². The van der Waals surface area contributed by atoms with E-state index in [0.717, 1.165) is 48.9 Å². The molecule has 0 saturated carbocycles. The van der Waals surface area contributed by atoms with Gasteiger partial charge in [0.15, 0.2) is 0 Å². The van der Waals surface area contributed by atoms with Crippen LogP contribution in [0, 0.1) is 6.92 Å². The summed E-state index contributed by atoms with van der Waals surface area (Å²) in [6.07, 6.45) is 0. The van der Waals surface area contributed by atoms with E-state index in [1.807, 2.05) is 62.4 Å². The van der Waals surface area contributed by atoms with Gasteiger partial charge in [0, 0.05) is 38.4 Å². The van der Waals surface area contributed by atoms with E-state index in [9.17, 15) is 9.59 Å². The van der Waals surface area contributed by atoms with Gasteiger partial charge in [-0.2, -0.15) is 0 Å². The van der Waals surface area contributed by atoms with Crippen LogP contribution < -0.4 is 15.4 Å². The van der Waals surface area contributed by atoms with Crippen molar-refractivity contribution in [2.75, 3.05) is 51.1 Å². The maximum atomic E-state index is 12.4. The summed E-state index contributed by atoms with van der Waals surface area (Å²) in [5.74, 6) is 1.53. The maximum absolute atomic E-state index is 12.4. The summed E-state index contributed by atoms with van der Waals surface area (Å²) in [6, 6.07) is 15.2. The number of ether oxygens (including phenoxy) is 1. The molecule has 0 aromatic heterocycles. The second-order valence-corrected chi connectivity index (χ2v) is 7.50. The van der Waals surface area contributed by atoms with E-state index in [1.165, 1.54) is 0 Å². The van der Waals surface area contributed by atoms with Crippen molar-refractivity contribution in [3.8, 4) is 11.5 Å². The Morgan fingerprint density at radius 2 is 1.53 bits per heavy atom. The molecule has 2 aromatic rings. The fourth-order valence-corrected chi connectivity index (χ4v) is 3.39. The van der Waals surface area contributed by atoms with Crippen molar-refractivity contribution in [1.82, 2.24) is 15.1 Å². The van der Waals surface area contributed by atoms with E-state index >= 15 is 0 Å². The third-order valence-electron chi connectivity index (χ3n) is 4.94. The third kappa shape index (κ3) is 6.86. The summed E-state index contributed by atoms with van der Waals surface area (Å²) in [6.45, 7) is 8.48. The lowest BCUT2D eigenvalue weighted by atomic mass is 10.2. The molecule has 1 saturated heterocycles. The Hall–Kier alpha value is -2.90. The number of hydrogen-bond acceptors (Lipinski definition) is 5. The Kier molecular flexibility index (Phi) is 7.82. The number of amides is 2. The van der Waals surface area contributed by atoms with Gasteiger partial charge < -0.3 is 15.4 Å². The van der Waals surface area contributed by atoms with Gasteiger partial charge in [0.25, 0.3) is 0 Å². The zero-order chi connectivity index (χ0) is 21.3. The maximum Gasteiger partial charge on any atom is 0.238 e. The molecule has 160 valence electrons. The third-order valence-corrected chi connectivity index (χ3v) is 4.94. The standard InChI is InChI=1S/C23H30N4O3/c1-3-24-22(28)16-26-11-13-27(14-12-26)17-23(29)25-19-7-9-20(10-8-19)30-21-6-4-5-18(2)15-21/h4-10,15H,3,11-14,16-17H2,1-2H3,(H,24,28)(H,25,29). The summed E-state index contributed by atoms with van der Waals surface area (Å²) in [5.41, 5.74) is 1.88. The molecule has 0 unspecified atom stereocenters. The van der Waals surface area contributed by atoms with Crippen LogP contribution in [0.3, 0.4) is 0 Å². The first-order chi connectivity index (χ1) is 14.5. The second kappa shape index (κ2) is 10.8. The van der Waals surface area contributed by atoms with E-state index in [-0.39, 0.29) is 11.8 Å². The lowest BCUT2D eigenvalue weighted by Crippen LogP contribution is -2.51. The first kappa shape index (κ1) is 21.8. The Morgan fingerprint density at radius 3 is 2.13 bits per heavy atom. The molecule has 30 heavy (non-hydrogen) atoms. The lowest BCUT2D eigenvalue weighted by Gasteiger charge is -2.33. The molecule has 1 heterocycles. The largest absolute Gasteiger partial charge is 0.457 e. The van der Waals surface area contributed by atoms with Gasteiger partial charge in [0.05, 0.1) is 13.1 Å². The highest BCUT2D eigenvalue weighted by Gasteiger charge is 2.20. The average molecular weight is 411 g/mol. The minimum atomic E-state index is -0.0421. The number of likely N-dealkylation sites (N-methyl/N-ethyl adjacent to an activating group) is 1. The predicted molar refractivity (Wildman–Crippen MR) is 118 cm³/mol. The second-order valence-electron chi connectivity index (χ2n) is 7.50. The van der Waals surface area contributed by atoms with Gasteiger partial charge in [0.1, 0.15) is 11.5 Å². The Morgan fingerprint density at radius 1 is 0.900 bits per heavy atom. The van der Waals surface area contributed by atoms with Crippen LogP contribution >= 0.6 is 0 Å². The number of hydrogen-bond donors (Lipinski definition) is 2. The topological polar surface area (TPSA) is 73.9 Å². The first-order valence-corrected chi connectivity index (χ1v) is 10.4. The summed E-state index contributed by atoms with van der Waals surface area (Å²) in [4.78, 5) is 28.3. The van der Waals surface area contributed by atoms with Crippen LogP contribution in [-0.2, 0) is 9.59 Å². The van der Waals surface area contributed by atoms with Crippen LogP contribution in [0.15, 0.2) is 48.5 Å². The predicted octanol–water partition coefficient (Wildman–Crippen LogP) is 2.48. The SMILES string of the molecule is CCNC(=O)CN1CCN(CC(=O)Nc2ccc(Oc3cccc(C)c3)cc2)CC1. The van der Waals surface area contributed by atoms with Crippen molar-refractivity contribution < 1.29 is 14.3 Å². The number of nitrogens with one attached hydrogen (secondary N) is 2. The molecule has 2 N–H and O–H groups in total. The smallest absolute Gasteiger partial charge is 0.238 e. The van der Waals surface area contributed by atoms with Crippen LogP contribution in [0.2, 0.25) is 0 Å². The van der Waals surface area contributed by atoms with Gasteiger partial charge in [-0.25, -0.2) is 0 Å². The van der Waals surface area contributed by atoms with E-state index in [1.54, 1.807) is 0 Å². The normalized spacial score (nSPS) is 14.9. The number of piperazine rings is 1. The quantitative estimate of drug-likeness (QED) is 0.700. The van der Waals surface area contributed by atoms with Crippen molar-refractivity contribution >= 4 is 17.5 Å². The minimum absolute atomic E-state index is 0.0421. The molecular formula is C23H30N4O3.